The normalized spacial score (nSPS) is 14.2. The summed E-state index contributed by atoms with van der Waals surface area (Å²) in [5.41, 5.74) is 2.24. The third-order valence-electron chi connectivity index (χ3n) is 3.59. The first-order valence-electron chi connectivity index (χ1n) is 6.78. The van der Waals surface area contributed by atoms with E-state index < -0.39 is 5.97 Å². The molecule has 1 aliphatic rings. The Balaban J connectivity index is 1.97. The molecule has 3 nitrogen and oxygen atoms in total. The molecule has 20 heavy (non-hydrogen) atoms. The number of thiophene rings is 1. The second-order valence-corrected chi connectivity index (χ2v) is 6.30. The Hall–Kier alpha value is -1.81. The van der Waals surface area contributed by atoms with Crippen molar-refractivity contribution in [3.8, 4) is 0 Å². The minimum Gasteiger partial charge on any atom is -0.478 e. The van der Waals surface area contributed by atoms with Gasteiger partial charge in [-0.2, -0.15) is 0 Å². The van der Waals surface area contributed by atoms with Crippen LogP contribution in [0.2, 0.25) is 0 Å². The van der Waals surface area contributed by atoms with Crippen molar-refractivity contribution in [3.63, 3.8) is 0 Å². The molecule has 1 aromatic heterocycles. The summed E-state index contributed by atoms with van der Waals surface area (Å²) in [5.74, 6) is -0.847. The number of nitrogens with zero attached hydrogens (tertiary/aromatic N) is 1. The first kappa shape index (κ1) is 13.2. The minimum absolute atomic E-state index is 0.411. The van der Waals surface area contributed by atoms with E-state index in [4.69, 9.17) is 0 Å². The van der Waals surface area contributed by atoms with Gasteiger partial charge >= 0.3 is 5.97 Å². The van der Waals surface area contributed by atoms with E-state index in [9.17, 15) is 9.90 Å². The van der Waals surface area contributed by atoms with Crippen LogP contribution in [0.3, 0.4) is 0 Å². The summed E-state index contributed by atoms with van der Waals surface area (Å²) < 4.78 is 0. The molecule has 0 atom stereocenters. The van der Waals surface area contributed by atoms with Gasteiger partial charge in [-0.05, 0) is 43.3 Å². The number of aryl methyl sites for hydroxylation is 1. The fourth-order valence-corrected chi connectivity index (χ4v) is 3.14. The van der Waals surface area contributed by atoms with Gasteiger partial charge < -0.3 is 10.0 Å². The van der Waals surface area contributed by atoms with Crippen LogP contribution in [0.25, 0.3) is 0 Å². The number of benzene rings is 1. The van der Waals surface area contributed by atoms with Gasteiger partial charge in [-0.3, -0.25) is 0 Å². The second kappa shape index (κ2) is 5.29. The highest BCUT2D eigenvalue weighted by Crippen LogP contribution is 2.35. The molecular formula is C16H17NO2S. The lowest BCUT2D eigenvalue weighted by Gasteiger charge is -2.26. The molecule has 104 valence electrons. The predicted molar refractivity (Wildman–Crippen MR) is 81.7 cm³/mol. The van der Waals surface area contributed by atoms with Crippen LogP contribution in [0, 0.1) is 6.92 Å². The van der Waals surface area contributed by atoms with Crippen LogP contribution in [0.4, 0.5) is 5.69 Å². The van der Waals surface area contributed by atoms with Crippen molar-refractivity contribution in [1.29, 1.82) is 0 Å². The molecule has 1 fully saturated rings. The number of carboxylic acids is 1. The second-order valence-electron chi connectivity index (χ2n) is 5.26. The van der Waals surface area contributed by atoms with E-state index in [0.717, 1.165) is 30.6 Å². The summed E-state index contributed by atoms with van der Waals surface area (Å²) >= 11 is 1.72. The lowest BCUT2D eigenvalue weighted by molar-refractivity contribution is 0.0697. The molecule has 1 aromatic carbocycles. The summed E-state index contributed by atoms with van der Waals surface area (Å²) in [7, 11) is 0. The van der Waals surface area contributed by atoms with Gasteiger partial charge in [-0.25, -0.2) is 4.79 Å². The Morgan fingerprint density at radius 2 is 2.20 bits per heavy atom. The maximum atomic E-state index is 11.5. The van der Waals surface area contributed by atoms with Gasteiger partial charge in [0.15, 0.2) is 0 Å². The van der Waals surface area contributed by atoms with Gasteiger partial charge in [0.1, 0.15) is 0 Å². The molecule has 1 saturated carbocycles. The highest BCUT2D eigenvalue weighted by atomic mass is 32.1. The van der Waals surface area contributed by atoms with Gasteiger partial charge in [0.05, 0.1) is 17.8 Å². The van der Waals surface area contributed by atoms with E-state index in [0.29, 0.717) is 11.6 Å². The molecule has 0 amide bonds. The van der Waals surface area contributed by atoms with E-state index in [1.165, 1.54) is 4.88 Å². The van der Waals surface area contributed by atoms with Crippen molar-refractivity contribution in [3.05, 3.63) is 51.7 Å². The average Bonchev–Trinajstić information content (AvgIpc) is 3.13. The molecule has 0 radical (unpaired) electrons. The zero-order valence-electron chi connectivity index (χ0n) is 11.4. The summed E-state index contributed by atoms with van der Waals surface area (Å²) in [5, 5.41) is 11.5. The van der Waals surface area contributed by atoms with Gasteiger partial charge in [0.2, 0.25) is 0 Å². The first-order chi connectivity index (χ1) is 9.65. The van der Waals surface area contributed by atoms with Crippen LogP contribution in [-0.4, -0.2) is 17.1 Å². The molecule has 0 bridgehead atoms. The Bertz CT molecular complexity index is 617. The standard InChI is InChI=1S/C16H17NO2S/c1-11-4-7-15(14(9-11)16(18)19)17(12-5-6-12)10-13-3-2-8-20-13/h2-4,7-9,12H,5-6,10H2,1H3,(H,18,19). The van der Waals surface area contributed by atoms with Crippen molar-refractivity contribution in [2.45, 2.75) is 32.4 Å². The molecule has 1 heterocycles. The number of rotatable bonds is 5. The monoisotopic (exact) mass is 287 g/mol. The lowest BCUT2D eigenvalue weighted by Crippen LogP contribution is -2.26. The molecule has 0 unspecified atom stereocenters. The molecule has 0 aliphatic heterocycles. The molecule has 0 spiro atoms. The SMILES string of the molecule is Cc1ccc(N(Cc2cccs2)C2CC2)c(C(=O)O)c1. The number of carbonyl (C=O) groups is 1. The molecular weight excluding hydrogens is 270 g/mol. The smallest absolute Gasteiger partial charge is 0.337 e. The molecule has 0 saturated heterocycles. The van der Waals surface area contributed by atoms with Crippen LogP contribution < -0.4 is 4.90 Å². The van der Waals surface area contributed by atoms with Crippen LogP contribution in [0.15, 0.2) is 35.7 Å². The van der Waals surface area contributed by atoms with Crippen molar-refractivity contribution in [2.75, 3.05) is 4.90 Å². The van der Waals surface area contributed by atoms with Gasteiger partial charge in [-0.1, -0.05) is 17.7 Å². The Morgan fingerprint density at radius 3 is 2.80 bits per heavy atom. The van der Waals surface area contributed by atoms with E-state index >= 15 is 0 Å². The van der Waals surface area contributed by atoms with Crippen LogP contribution in [0.5, 0.6) is 0 Å². The maximum Gasteiger partial charge on any atom is 0.337 e. The molecule has 3 rings (SSSR count). The van der Waals surface area contributed by atoms with E-state index in [2.05, 4.69) is 16.3 Å². The molecule has 1 aliphatic carbocycles. The highest BCUT2D eigenvalue weighted by Gasteiger charge is 2.31. The average molecular weight is 287 g/mol. The minimum atomic E-state index is -0.847. The van der Waals surface area contributed by atoms with Crippen LogP contribution >= 0.6 is 11.3 Å². The van der Waals surface area contributed by atoms with E-state index in [-0.39, 0.29) is 0 Å². The van der Waals surface area contributed by atoms with E-state index in [1.807, 2.05) is 25.1 Å². The van der Waals surface area contributed by atoms with Crippen LogP contribution in [0.1, 0.15) is 33.6 Å². The van der Waals surface area contributed by atoms with Crippen molar-refractivity contribution < 1.29 is 9.90 Å². The Morgan fingerprint density at radius 1 is 1.40 bits per heavy atom. The molecule has 2 aromatic rings. The zero-order chi connectivity index (χ0) is 14.1. The van der Waals surface area contributed by atoms with Crippen LogP contribution in [-0.2, 0) is 6.54 Å². The van der Waals surface area contributed by atoms with E-state index in [1.54, 1.807) is 17.4 Å². The highest BCUT2D eigenvalue weighted by molar-refractivity contribution is 7.09. The largest absolute Gasteiger partial charge is 0.478 e. The number of hydrogen-bond donors (Lipinski definition) is 1. The van der Waals surface area contributed by atoms with Gasteiger partial charge in [0, 0.05) is 10.9 Å². The number of aromatic carboxylic acids is 1. The Labute approximate surface area is 122 Å². The third-order valence-corrected chi connectivity index (χ3v) is 4.45. The third kappa shape index (κ3) is 2.70. The quantitative estimate of drug-likeness (QED) is 0.906. The Kier molecular flexibility index (Phi) is 3.49. The van der Waals surface area contributed by atoms with Crippen molar-refractivity contribution >= 4 is 23.0 Å². The summed E-state index contributed by atoms with van der Waals surface area (Å²) in [6.45, 7) is 2.72. The summed E-state index contributed by atoms with van der Waals surface area (Å²) in [6.07, 6.45) is 2.30. The number of anilines is 1. The van der Waals surface area contributed by atoms with Crippen molar-refractivity contribution in [1.82, 2.24) is 0 Å². The maximum absolute atomic E-state index is 11.5. The van der Waals surface area contributed by atoms with Crippen molar-refractivity contribution in [2.24, 2.45) is 0 Å². The lowest BCUT2D eigenvalue weighted by atomic mass is 10.1. The van der Waals surface area contributed by atoms with Gasteiger partial charge in [0.25, 0.3) is 0 Å². The fraction of sp³-hybridized carbons (Fsp3) is 0.312. The molecule has 1 N–H and O–H groups in total. The fourth-order valence-electron chi connectivity index (χ4n) is 2.44. The summed E-state index contributed by atoms with van der Waals surface area (Å²) in [6, 6.07) is 10.3. The number of carboxylic acid groups (broad SMARTS) is 1. The number of hydrogen-bond acceptors (Lipinski definition) is 3. The predicted octanol–water partition coefficient (Wildman–Crippen LogP) is 3.92. The zero-order valence-corrected chi connectivity index (χ0v) is 12.2. The topological polar surface area (TPSA) is 40.5 Å². The summed E-state index contributed by atoms with van der Waals surface area (Å²) in [4.78, 5) is 15.0. The molecule has 4 heteroatoms. The first-order valence-corrected chi connectivity index (χ1v) is 7.66. The van der Waals surface area contributed by atoms with Gasteiger partial charge in [-0.15, -0.1) is 11.3 Å².